The minimum Gasteiger partial charge on any atom is -0.381 e. The zero-order valence-corrected chi connectivity index (χ0v) is 12.8. The van der Waals surface area contributed by atoms with E-state index in [9.17, 15) is 4.79 Å². The zero-order valence-electron chi connectivity index (χ0n) is 12.8. The molecule has 0 saturated carbocycles. The Hall–Kier alpha value is -1.39. The molecule has 2 N–H and O–H groups in total. The fourth-order valence-corrected chi connectivity index (χ4v) is 2.76. The summed E-state index contributed by atoms with van der Waals surface area (Å²) in [4.78, 5) is 14.1. The van der Waals surface area contributed by atoms with E-state index in [4.69, 9.17) is 10.5 Å². The third-order valence-electron chi connectivity index (χ3n) is 4.21. The largest absolute Gasteiger partial charge is 0.381 e. The molecular formula is C17H26N2O2. The minimum atomic E-state index is -0.452. The Bertz CT molecular complexity index is 430. The standard InChI is InChI=1S/C17H26N2O2/c1-19(10-7-14-8-11-21-12-9-14)17(20)16(18)13-15-5-3-2-4-6-15/h2-6,14,16H,7-13,18H2,1H3. The first-order valence-electron chi connectivity index (χ1n) is 7.79. The van der Waals surface area contributed by atoms with Crippen molar-refractivity contribution in [3.63, 3.8) is 0 Å². The molecule has 21 heavy (non-hydrogen) atoms. The van der Waals surface area contributed by atoms with Crippen LogP contribution in [0.15, 0.2) is 30.3 Å². The lowest BCUT2D eigenvalue weighted by molar-refractivity contribution is -0.131. The van der Waals surface area contributed by atoms with Crippen molar-refractivity contribution in [1.29, 1.82) is 0 Å². The number of hydrogen-bond donors (Lipinski definition) is 1. The molecule has 4 nitrogen and oxygen atoms in total. The van der Waals surface area contributed by atoms with Gasteiger partial charge in [0.1, 0.15) is 0 Å². The lowest BCUT2D eigenvalue weighted by atomic mass is 9.96. The van der Waals surface area contributed by atoms with E-state index in [-0.39, 0.29) is 5.91 Å². The predicted molar refractivity (Wildman–Crippen MR) is 83.9 cm³/mol. The molecule has 116 valence electrons. The summed E-state index contributed by atoms with van der Waals surface area (Å²) in [7, 11) is 1.85. The van der Waals surface area contributed by atoms with Crippen LogP contribution in [0.1, 0.15) is 24.8 Å². The number of benzene rings is 1. The molecule has 1 aromatic carbocycles. The van der Waals surface area contributed by atoms with Crippen LogP contribution in [0.25, 0.3) is 0 Å². The van der Waals surface area contributed by atoms with Crippen LogP contribution in [0.5, 0.6) is 0 Å². The van der Waals surface area contributed by atoms with Gasteiger partial charge in [-0.15, -0.1) is 0 Å². The number of nitrogens with two attached hydrogens (primary N) is 1. The first kappa shape index (κ1) is 16.0. The van der Waals surface area contributed by atoms with Crippen LogP contribution in [0.2, 0.25) is 0 Å². The average molecular weight is 290 g/mol. The van der Waals surface area contributed by atoms with Crippen LogP contribution < -0.4 is 5.73 Å². The Kier molecular flexibility index (Phi) is 6.21. The van der Waals surface area contributed by atoms with Crippen molar-refractivity contribution in [2.75, 3.05) is 26.8 Å². The third kappa shape index (κ3) is 5.14. The molecule has 1 aliphatic heterocycles. The number of rotatable bonds is 6. The van der Waals surface area contributed by atoms with Gasteiger partial charge in [-0.1, -0.05) is 30.3 Å². The van der Waals surface area contributed by atoms with Crippen molar-refractivity contribution in [3.05, 3.63) is 35.9 Å². The van der Waals surface area contributed by atoms with Crippen molar-refractivity contribution >= 4 is 5.91 Å². The van der Waals surface area contributed by atoms with Gasteiger partial charge in [0, 0.05) is 26.8 Å². The summed E-state index contributed by atoms with van der Waals surface area (Å²) >= 11 is 0. The number of ether oxygens (including phenoxy) is 1. The van der Waals surface area contributed by atoms with Crippen LogP contribution in [-0.2, 0) is 16.0 Å². The summed E-state index contributed by atoms with van der Waals surface area (Å²) < 4.78 is 5.36. The second-order valence-electron chi connectivity index (χ2n) is 5.90. The van der Waals surface area contributed by atoms with E-state index in [1.165, 1.54) is 0 Å². The molecule has 1 aromatic rings. The van der Waals surface area contributed by atoms with Crippen LogP contribution in [0.4, 0.5) is 0 Å². The number of amides is 1. The molecule has 0 aliphatic carbocycles. The maximum Gasteiger partial charge on any atom is 0.239 e. The summed E-state index contributed by atoms with van der Waals surface area (Å²) in [6.07, 6.45) is 3.86. The second-order valence-corrected chi connectivity index (χ2v) is 5.90. The van der Waals surface area contributed by atoms with Crippen molar-refractivity contribution in [2.45, 2.75) is 31.7 Å². The number of carbonyl (C=O) groups excluding carboxylic acids is 1. The molecule has 1 atom stereocenters. The quantitative estimate of drug-likeness (QED) is 0.869. The molecule has 1 fully saturated rings. The Morgan fingerprint density at radius 3 is 2.67 bits per heavy atom. The Morgan fingerprint density at radius 2 is 2.00 bits per heavy atom. The number of likely N-dealkylation sites (N-methyl/N-ethyl adjacent to an activating group) is 1. The Morgan fingerprint density at radius 1 is 1.33 bits per heavy atom. The first-order chi connectivity index (χ1) is 10.2. The summed E-state index contributed by atoms with van der Waals surface area (Å²) in [5.74, 6) is 0.713. The molecule has 0 spiro atoms. The van der Waals surface area contributed by atoms with Crippen molar-refractivity contribution in [3.8, 4) is 0 Å². The maximum atomic E-state index is 12.3. The molecule has 0 aromatic heterocycles. The van der Waals surface area contributed by atoms with Gasteiger partial charge in [0.2, 0.25) is 5.91 Å². The van der Waals surface area contributed by atoms with E-state index in [2.05, 4.69) is 0 Å². The van der Waals surface area contributed by atoms with Gasteiger partial charge in [0.05, 0.1) is 6.04 Å². The second kappa shape index (κ2) is 8.15. The Labute approximate surface area is 127 Å². The van der Waals surface area contributed by atoms with Crippen LogP contribution in [0.3, 0.4) is 0 Å². The lowest BCUT2D eigenvalue weighted by Gasteiger charge is -2.26. The minimum absolute atomic E-state index is 0.0333. The van der Waals surface area contributed by atoms with E-state index < -0.39 is 6.04 Å². The van der Waals surface area contributed by atoms with Crippen molar-refractivity contribution < 1.29 is 9.53 Å². The maximum absolute atomic E-state index is 12.3. The van der Waals surface area contributed by atoms with Gasteiger partial charge in [0.15, 0.2) is 0 Å². The molecule has 0 radical (unpaired) electrons. The summed E-state index contributed by atoms with van der Waals surface area (Å²) in [5.41, 5.74) is 7.16. The van der Waals surface area contributed by atoms with Crippen LogP contribution in [-0.4, -0.2) is 43.7 Å². The van der Waals surface area contributed by atoms with Gasteiger partial charge >= 0.3 is 0 Å². The van der Waals surface area contributed by atoms with Gasteiger partial charge in [-0.25, -0.2) is 0 Å². The SMILES string of the molecule is CN(CCC1CCOCC1)C(=O)C(N)Cc1ccccc1. The smallest absolute Gasteiger partial charge is 0.239 e. The number of nitrogens with zero attached hydrogens (tertiary/aromatic N) is 1. The fraction of sp³-hybridized carbons (Fsp3) is 0.588. The average Bonchev–Trinajstić information content (AvgIpc) is 2.53. The number of carbonyl (C=O) groups is 1. The predicted octanol–water partition coefficient (Wildman–Crippen LogP) is 1.83. The number of hydrogen-bond acceptors (Lipinski definition) is 3. The normalized spacial score (nSPS) is 17.4. The highest BCUT2D eigenvalue weighted by Crippen LogP contribution is 2.18. The molecule has 1 unspecified atom stereocenters. The fourth-order valence-electron chi connectivity index (χ4n) is 2.76. The van der Waals surface area contributed by atoms with Crippen molar-refractivity contribution in [1.82, 2.24) is 4.90 Å². The van der Waals surface area contributed by atoms with Crippen molar-refractivity contribution in [2.24, 2.45) is 11.7 Å². The van der Waals surface area contributed by atoms with E-state index in [1.54, 1.807) is 4.90 Å². The molecule has 1 heterocycles. The molecule has 1 saturated heterocycles. The topological polar surface area (TPSA) is 55.6 Å². The molecule has 1 amide bonds. The lowest BCUT2D eigenvalue weighted by Crippen LogP contribution is -2.43. The molecule has 4 heteroatoms. The monoisotopic (exact) mass is 290 g/mol. The Balaban J connectivity index is 1.75. The van der Waals surface area contributed by atoms with E-state index in [0.717, 1.165) is 44.6 Å². The summed E-state index contributed by atoms with van der Waals surface area (Å²) in [6.45, 7) is 2.50. The summed E-state index contributed by atoms with van der Waals surface area (Å²) in [5, 5.41) is 0. The van der Waals surface area contributed by atoms with Gasteiger partial charge in [0.25, 0.3) is 0 Å². The van der Waals surface area contributed by atoms with Gasteiger partial charge in [-0.3, -0.25) is 4.79 Å². The molecular weight excluding hydrogens is 264 g/mol. The van der Waals surface area contributed by atoms with Gasteiger partial charge in [-0.05, 0) is 37.2 Å². The molecule has 1 aliphatic rings. The highest BCUT2D eigenvalue weighted by Gasteiger charge is 2.20. The highest BCUT2D eigenvalue weighted by atomic mass is 16.5. The highest BCUT2D eigenvalue weighted by molar-refractivity contribution is 5.81. The first-order valence-corrected chi connectivity index (χ1v) is 7.79. The zero-order chi connectivity index (χ0) is 15.1. The van der Waals surface area contributed by atoms with Gasteiger partial charge in [-0.2, -0.15) is 0 Å². The summed E-state index contributed by atoms with van der Waals surface area (Å²) in [6, 6.07) is 9.48. The van der Waals surface area contributed by atoms with Gasteiger partial charge < -0.3 is 15.4 Å². The third-order valence-corrected chi connectivity index (χ3v) is 4.21. The van der Waals surface area contributed by atoms with Crippen LogP contribution in [0, 0.1) is 5.92 Å². The molecule has 2 rings (SSSR count). The molecule has 0 bridgehead atoms. The van der Waals surface area contributed by atoms with E-state index >= 15 is 0 Å². The van der Waals surface area contributed by atoms with E-state index in [1.807, 2.05) is 37.4 Å². The van der Waals surface area contributed by atoms with E-state index in [0.29, 0.717) is 12.3 Å². The van der Waals surface area contributed by atoms with Crippen LogP contribution >= 0.6 is 0 Å².